The molecule has 0 radical (unpaired) electrons. The molecule has 0 heterocycles. The van der Waals surface area contributed by atoms with Gasteiger partial charge in [-0.2, -0.15) is 0 Å². The lowest BCUT2D eigenvalue weighted by atomic mass is 9.88. The van der Waals surface area contributed by atoms with Gasteiger partial charge in [0.25, 0.3) is 0 Å². The number of fused-ring (bicyclic) bond motifs is 2. The fourth-order valence-electron chi connectivity index (χ4n) is 2.81. The molecule has 1 atom stereocenters. The first-order valence-electron chi connectivity index (χ1n) is 6.45. The molecule has 2 aromatic rings. The van der Waals surface area contributed by atoms with E-state index >= 15 is 0 Å². The second-order valence-electron chi connectivity index (χ2n) is 4.78. The Balaban J connectivity index is 2.31. The van der Waals surface area contributed by atoms with E-state index in [1.54, 1.807) is 0 Å². The van der Waals surface area contributed by atoms with Crippen LogP contribution >= 0.6 is 0 Å². The van der Waals surface area contributed by atoms with Crippen LogP contribution in [0.4, 0.5) is 0 Å². The fourth-order valence-corrected chi connectivity index (χ4v) is 2.81. The number of aliphatic hydroxyl groups excluding tert-OH is 2. The number of aliphatic hydroxyl groups is 2. The van der Waals surface area contributed by atoms with Crippen molar-refractivity contribution in [3.05, 3.63) is 70.8 Å². The molecule has 2 nitrogen and oxygen atoms in total. The van der Waals surface area contributed by atoms with Crippen molar-refractivity contribution in [3.8, 4) is 0 Å². The predicted molar refractivity (Wildman–Crippen MR) is 76.8 cm³/mol. The summed E-state index contributed by atoms with van der Waals surface area (Å²) >= 11 is 0. The minimum Gasteiger partial charge on any atom is -0.395 e. The Morgan fingerprint density at radius 3 is 2.26 bits per heavy atom. The summed E-state index contributed by atoms with van der Waals surface area (Å²) in [6.45, 7) is 0.0735. The first-order chi connectivity index (χ1) is 9.35. The Kier molecular flexibility index (Phi) is 3.20. The van der Waals surface area contributed by atoms with Gasteiger partial charge in [0.05, 0.1) is 13.2 Å². The van der Waals surface area contributed by atoms with Crippen molar-refractivity contribution in [1.29, 1.82) is 0 Å². The predicted octanol–water partition coefficient (Wildman–Crippen LogP) is 2.66. The molecule has 0 amide bonds. The van der Waals surface area contributed by atoms with Gasteiger partial charge in [-0.1, -0.05) is 48.5 Å². The van der Waals surface area contributed by atoms with Gasteiger partial charge in [0.2, 0.25) is 0 Å². The quantitative estimate of drug-likeness (QED) is 0.862. The van der Waals surface area contributed by atoms with Crippen LogP contribution < -0.4 is 0 Å². The summed E-state index contributed by atoms with van der Waals surface area (Å²) in [5, 5.41) is 19.4. The monoisotopic (exact) mass is 252 g/mol. The van der Waals surface area contributed by atoms with Crippen LogP contribution in [-0.4, -0.2) is 23.4 Å². The average Bonchev–Trinajstić information content (AvgIpc) is 2.61. The molecule has 2 N–H and O–H groups in total. The van der Waals surface area contributed by atoms with Gasteiger partial charge in [-0.15, -0.1) is 0 Å². The molecular weight excluding hydrogens is 236 g/mol. The van der Waals surface area contributed by atoms with E-state index in [0.29, 0.717) is 0 Å². The van der Waals surface area contributed by atoms with Crippen LogP contribution in [0.2, 0.25) is 0 Å². The Bertz CT molecular complexity index is 629. The van der Waals surface area contributed by atoms with Crippen LogP contribution in [-0.2, 0) is 0 Å². The average molecular weight is 252 g/mol. The molecule has 0 saturated heterocycles. The highest BCUT2D eigenvalue weighted by Crippen LogP contribution is 2.37. The highest BCUT2D eigenvalue weighted by atomic mass is 16.3. The minimum atomic E-state index is -0.0345. The summed E-state index contributed by atoms with van der Waals surface area (Å²) in [6, 6.07) is 16.0. The third kappa shape index (κ3) is 1.99. The van der Waals surface area contributed by atoms with Gasteiger partial charge in [-0.25, -0.2) is 0 Å². The van der Waals surface area contributed by atoms with Crippen molar-refractivity contribution in [2.75, 3.05) is 13.2 Å². The largest absolute Gasteiger partial charge is 0.395 e. The Labute approximate surface area is 112 Å². The summed E-state index contributed by atoms with van der Waals surface area (Å²) in [6.07, 6.45) is 2.02. The molecule has 0 aliphatic heterocycles. The zero-order valence-corrected chi connectivity index (χ0v) is 10.6. The molecule has 0 bridgehead atoms. The summed E-state index contributed by atoms with van der Waals surface area (Å²) in [5.74, 6) is -0.0345. The zero-order chi connectivity index (χ0) is 13.2. The van der Waals surface area contributed by atoms with Gasteiger partial charge in [0, 0.05) is 5.92 Å². The maximum atomic E-state index is 9.78. The Morgan fingerprint density at radius 1 is 0.842 bits per heavy atom. The molecular formula is C17H16O2. The second-order valence-corrected chi connectivity index (χ2v) is 4.78. The first-order valence-corrected chi connectivity index (χ1v) is 6.45. The first kappa shape index (κ1) is 12.2. The molecule has 0 fully saturated rings. The molecule has 1 unspecified atom stereocenters. The van der Waals surface area contributed by atoms with Gasteiger partial charge in [0.1, 0.15) is 0 Å². The zero-order valence-electron chi connectivity index (χ0n) is 10.6. The molecule has 1 aliphatic rings. The molecule has 96 valence electrons. The summed E-state index contributed by atoms with van der Waals surface area (Å²) in [4.78, 5) is 0. The third-order valence-corrected chi connectivity index (χ3v) is 3.74. The van der Waals surface area contributed by atoms with Crippen molar-refractivity contribution in [3.63, 3.8) is 0 Å². The van der Waals surface area contributed by atoms with Crippen LogP contribution in [0, 0.1) is 0 Å². The molecule has 0 aromatic heterocycles. The number of hydrogen-bond acceptors (Lipinski definition) is 2. The van der Waals surface area contributed by atoms with E-state index in [0.717, 1.165) is 27.8 Å². The molecule has 0 saturated carbocycles. The van der Waals surface area contributed by atoms with E-state index in [4.69, 9.17) is 0 Å². The maximum Gasteiger partial charge on any atom is 0.0687 e. The standard InChI is InChI=1S/C17H16O2/c18-10-13-9-12-5-1-2-6-14(12)17(11-19)16-8-4-3-7-15(13)16/h1-9,17-19H,10-11H2. The molecule has 1 aliphatic carbocycles. The number of rotatable bonds is 2. The van der Waals surface area contributed by atoms with Gasteiger partial charge in [0.15, 0.2) is 0 Å². The van der Waals surface area contributed by atoms with E-state index < -0.39 is 0 Å². The van der Waals surface area contributed by atoms with E-state index in [9.17, 15) is 10.2 Å². The highest BCUT2D eigenvalue weighted by molar-refractivity contribution is 5.86. The van der Waals surface area contributed by atoms with E-state index in [2.05, 4.69) is 0 Å². The lowest BCUT2D eigenvalue weighted by Gasteiger charge is -2.18. The topological polar surface area (TPSA) is 40.5 Å². The van der Waals surface area contributed by atoms with Gasteiger partial charge in [-0.3, -0.25) is 0 Å². The second kappa shape index (κ2) is 5.00. The van der Waals surface area contributed by atoms with Crippen molar-refractivity contribution >= 4 is 11.6 Å². The van der Waals surface area contributed by atoms with Gasteiger partial charge < -0.3 is 10.2 Å². The summed E-state index contributed by atoms with van der Waals surface area (Å²) in [7, 11) is 0. The van der Waals surface area contributed by atoms with Crippen LogP contribution in [0.3, 0.4) is 0 Å². The maximum absolute atomic E-state index is 9.78. The number of hydrogen-bond donors (Lipinski definition) is 2. The Hall–Kier alpha value is -1.90. The van der Waals surface area contributed by atoms with E-state index in [1.807, 2.05) is 54.6 Å². The SMILES string of the molecule is OCC1=Cc2ccccc2C(CO)c2ccccc21. The Morgan fingerprint density at radius 2 is 1.53 bits per heavy atom. The normalized spacial score (nSPS) is 17.2. The highest BCUT2D eigenvalue weighted by Gasteiger charge is 2.22. The third-order valence-electron chi connectivity index (χ3n) is 3.74. The molecule has 2 aromatic carbocycles. The van der Waals surface area contributed by atoms with Crippen molar-refractivity contribution in [2.24, 2.45) is 0 Å². The van der Waals surface area contributed by atoms with Crippen molar-refractivity contribution < 1.29 is 10.2 Å². The van der Waals surface area contributed by atoms with E-state index in [-0.39, 0.29) is 19.1 Å². The van der Waals surface area contributed by atoms with Crippen molar-refractivity contribution in [2.45, 2.75) is 5.92 Å². The molecule has 19 heavy (non-hydrogen) atoms. The fraction of sp³-hybridized carbons (Fsp3) is 0.176. The van der Waals surface area contributed by atoms with Gasteiger partial charge >= 0.3 is 0 Å². The van der Waals surface area contributed by atoms with Gasteiger partial charge in [-0.05, 0) is 33.9 Å². The lowest BCUT2D eigenvalue weighted by molar-refractivity contribution is 0.280. The number of benzene rings is 2. The molecule has 3 rings (SSSR count). The van der Waals surface area contributed by atoms with Crippen molar-refractivity contribution in [1.82, 2.24) is 0 Å². The van der Waals surface area contributed by atoms with Crippen LogP contribution in [0.5, 0.6) is 0 Å². The van der Waals surface area contributed by atoms with E-state index in [1.165, 1.54) is 0 Å². The van der Waals surface area contributed by atoms with Crippen LogP contribution in [0.1, 0.15) is 28.2 Å². The smallest absolute Gasteiger partial charge is 0.0687 e. The molecule has 0 spiro atoms. The minimum absolute atomic E-state index is 0.00347. The lowest BCUT2D eigenvalue weighted by Crippen LogP contribution is -2.08. The van der Waals surface area contributed by atoms with Crippen LogP contribution in [0.15, 0.2) is 48.5 Å². The molecule has 2 heteroatoms. The van der Waals surface area contributed by atoms with Crippen LogP contribution in [0.25, 0.3) is 11.6 Å². The summed E-state index contributed by atoms with van der Waals surface area (Å²) in [5.41, 5.74) is 5.19. The summed E-state index contributed by atoms with van der Waals surface area (Å²) < 4.78 is 0.